The van der Waals surface area contributed by atoms with Crippen LogP contribution in [0.25, 0.3) is 0 Å². The summed E-state index contributed by atoms with van der Waals surface area (Å²) >= 11 is 0. The zero-order valence-corrected chi connectivity index (χ0v) is 10.1. The van der Waals surface area contributed by atoms with Crippen LogP contribution in [-0.4, -0.2) is 25.8 Å². The molecule has 2 aliphatic rings. The molecule has 88 valence electrons. The van der Waals surface area contributed by atoms with Crippen LogP contribution in [0.1, 0.15) is 51.4 Å². The predicted octanol–water partition coefficient (Wildman–Crippen LogP) is 2.73. The van der Waals surface area contributed by atoms with Crippen LogP contribution in [0, 0.1) is 5.92 Å². The summed E-state index contributed by atoms with van der Waals surface area (Å²) in [5.41, 5.74) is 0.327. The Morgan fingerprint density at radius 3 is 2.53 bits per heavy atom. The van der Waals surface area contributed by atoms with Crippen molar-refractivity contribution < 1.29 is 4.74 Å². The second-order valence-electron chi connectivity index (χ2n) is 5.31. The fourth-order valence-electron chi connectivity index (χ4n) is 3.49. The normalized spacial score (nSPS) is 34.2. The standard InChI is InChI=1S/C13H25NO/c1-15-11-13(9-5-6-10-14-13)12-7-3-2-4-8-12/h12,14H,2-11H2,1H3. The van der Waals surface area contributed by atoms with E-state index in [1.807, 2.05) is 7.11 Å². The van der Waals surface area contributed by atoms with E-state index in [0.29, 0.717) is 5.54 Å². The Labute approximate surface area is 93.8 Å². The fraction of sp³-hybridized carbons (Fsp3) is 1.00. The second-order valence-corrected chi connectivity index (χ2v) is 5.31. The molecule has 0 bridgehead atoms. The van der Waals surface area contributed by atoms with Crippen molar-refractivity contribution in [3.05, 3.63) is 0 Å². The Hall–Kier alpha value is -0.0800. The van der Waals surface area contributed by atoms with Gasteiger partial charge in [-0.25, -0.2) is 0 Å². The summed E-state index contributed by atoms with van der Waals surface area (Å²) in [6.45, 7) is 2.11. The summed E-state index contributed by atoms with van der Waals surface area (Å²) < 4.78 is 5.48. The Kier molecular flexibility index (Phi) is 4.04. The van der Waals surface area contributed by atoms with Gasteiger partial charge in [-0.05, 0) is 38.1 Å². The van der Waals surface area contributed by atoms with E-state index in [1.54, 1.807) is 0 Å². The van der Waals surface area contributed by atoms with Crippen LogP contribution >= 0.6 is 0 Å². The molecule has 2 fully saturated rings. The molecule has 2 nitrogen and oxygen atoms in total. The van der Waals surface area contributed by atoms with Crippen LogP contribution in [0.15, 0.2) is 0 Å². The first-order valence-corrected chi connectivity index (χ1v) is 6.61. The van der Waals surface area contributed by atoms with Crippen molar-refractivity contribution in [1.29, 1.82) is 0 Å². The summed E-state index contributed by atoms with van der Waals surface area (Å²) in [5, 5.41) is 3.78. The lowest BCUT2D eigenvalue weighted by Gasteiger charge is -2.45. The number of nitrogens with one attached hydrogen (secondary N) is 1. The quantitative estimate of drug-likeness (QED) is 0.775. The van der Waals surface area contributed by atoms with Gasteiger partial charge in [-0.2, -0.15) is 0 Å². The molecule has 2 rings (SSSR count). The van der Waals surface area contributed by atoms with Gasteiger partial charge in [-0.15, -0.1) is 0 Å². The third kappa shape index (κ3) is 2.54. The van der Waals surface area contributed by atoms with E-state index in [-0.39, 0.29) is 0 Å². The Balaban J connectivity index is 2.01. The minimum atomic E-state index is 0.327. The van der Waals surface area contributed by atoms with Crippen LogP contribution in [0.2, 0.25) is 0 Å². The van der Waals surface area contributed by atoms with Crippen molar-refractivity contribution >= 4 is 0 Å². The van der Waals surface area contributed by atoms with Gasteiger partial charge in [-0.3, -0.25) is 0 Å². The molecule has 1 N–H and O–H groups in total. The number of ether oxygens (including phenoxy) is 1. The maximum atomic E-state index is 5.48. The van der Waals surface area contributed by atoms with Gasteiger partial charge in [0.15, 0.2) is 0 Å². The van der Waals surface area contributed by atoms with Crippen molar-refractivity contribution in [2.24, 2.45) is 5.92 Å². The number of piperidine rings is 1. The molecule has 0 radical (unpaired) electrons. The van der Waals surface area contributed by atoms with Gasteiger partial charge in [0.05, 0.1) is 6.61 Å². The average molecular weight is 211 g/mol. The van der Waals surface area contributed by atoms with Crippen LogP contribution in [0.5, 0.6) is 0 Å². The summed E-state index contributed by atoms with van der Waals surface area (Å²) in [5.74, 6) is 0.867. The molecule has 1 heterocycles. The monoisotopic (exact) mass is 211 g/mol. The van der Waals surface area contributed by atoms with Crippen LogP contribution in [0.3, 0.4) is 0 Å². The zero-order chi connectivity index (χ0) is 10.6. The van der Waals surface area contributed by atoms with E-state index < -0.39 is 0 Å². The summed E-state index contributed by atoms with van der Waals surface area (Å²) in [7, 11) is 1.85. The molecule has 1 unspecified atom stereocenters. The van der Waals surface area contributed by atoms with Crippen molar-refractivity contribution in [2.75, 3.05) is 20.3 Å². The lowest BCUT2D eigenvalue weighted by Crippen LogP contribution is -2.57. The minimum absolute atomic E-state index is 0.327. The lowest BCUT2D eigenvalue weighted by atomic mass is 9.71. The molecule has 0 amide bonds. The Bertz CT molecular complexity index is 175. The third-order valence-electron chi connectivity index (χ3n) is 4.32. The van der Waals surface area contributed by atoms with Crippen LogP contribution < -0.4 is 5.32 Å². The Morgan fingerprint density at radius 1 is 1.13 bits per heavy atom. The minimum Gasteiger partial charge on any atom is -0.383 e. The first-order valence-electron chi connectivity index (χ1n) is 6.61. The molecule has 0 aromatic rings. The fourth-order valence-corrected chi connectivity index (χ4v) is 3.49. The smallest absolute Gasteiger partial charge is 0.0647 e. The van der Waals surface area contributed by atoms with Gasteiger partial charge in [0.1, 0.15) is 0 Å². The largest absolute Gasteiger partial charge is 0.383 e. The molecule has 1 aliphatic heterocycles. The number of hydrogen-bond donors (Lipinski definition) is 1. The molecular weight excluding hydrogens is 186 g/mol. The van der Waals surface area contributed by atoms with E-state index in [9.17, 15) is 0 Å². The topological polar surface area (TPSA) is 21.3 Å². The number of rotatable bonds is 3. The summed E-state index contributed by atoms with van der Waals surface area (Å²) in [6, 6.07) is 0. The van der Waals surface area contributed by atoms with E-state index >= 15 is 0 Å². The number of hydrogen-bond acceptors (Lipinski definition) is 2. The van der Waals surface area contributed by atoms with Gasteiger partial charge in [0.25, 0.3) is 0 Å². The first-order chi connectivity index (χ1) is 7.37. The highest BCUT2D eigenvalue weighted by Gasteiger charge is 2.39. The molecule has 1 saturated heterocycles. The second kappa shape index (κ2) is 5.31. The van der Waals surface area contributed by atoms with Crippen molar-refractivity contribution in [2.45, 2.75) is 56.9 Å². The molecule has 1 atom stereocenters. The number of methoxy groups -OCH3 is 1. The first kappa shape index (κ1) is 11.4. The highest BCUT2D eigenvalue weighted by molar-refractivity contribution is 4.97. The maximum absolute atomic E-state index is 5.48. The van der Waals surface area contributed by atoms with Crippen LogP contribution in [-0.2, 0) is 4.74 Å². The molecular formula is C13H25NO. The van der Waals surface area contributed by atoms with E-state index in [1.165, 1.54) is 57.9 Å². The third-order valence-corrected chi connectivity index (χ3v) is 4.32. The SMILES string of the molecule is COCC1(C2CCCCC2)CCCCN1. The van der Waals surface area contributed by atoms with Gasteiger partial charge in [0.2, 0.25) is 0 Å². The molecule has 0 aromatic heterocycles. The maximum Gasteiger partial charge on any atom is 0.0647 e. The molecule has 0 aromatic carbocycles. The van der Waals surface area contributed by atoms with Gasteiger partial charge in [-0.1, -0.05) is 25.7 Å². The van der Waals surface area contributed by atoms with Crippen molar-refractivity contribution in [3.63, 3.8) is 0 Å². The predicted molar refractivity (Wildman–Crippen MR) is 63.0 cm³/mol. The molecule has 15 heavy (non-hydrogen) atoms. The lowest BCUT2D eigenvalue weighted by molar-refractivity contribution is 0.0336. The molecule has 1 saturated carbocycles. The molecule has 2 heteroatoms. The van der Waals surface area contributed by atoms with E-state index in [2.05, 4.69) is 5.32 Å². The van der Waals surface area contributed by atoms with Gasteiger partial charge in [0, 0.05) is 12.6 Å². The average Bonchev–Trinajstić information content (AvgIpc) is 2.32. The highest BCUT2D eigenvalue weighted by Crippen LogP contribution is 2.37. The zero-order valence-electron chi connectivity index (χ0n) is 10.1. The van der Waals surface area contributed by atoms with E-state index in [0.717, 1.165) is 12.5 Å². The summed E-state index contributed by atoms with van der Waals surface area (Å²) in [6.07, 6.45) is 11.2. The van der Waals surface area contributed by atoms with Crippen molar-refractivity contribution in [1.82, 2.24) is 5.32 Å². The van der Waals surface area contributed by atoms with Crippen molar-refractivity contribution in [3.8, 4) is 0 Å². The van der Waals surface area contributed by atoms with Gasteiger partial charge < -0.3 is 10.1 Å². The molecule has 1 aliphatic carbocycles. The highest BCUT2D eigenvalue weighted by atomic mass is 16.5. The molecule has 0 spiro atoms. The Morgan fingerprint density at radius 2 is 1.93 bits per heavy atom. The van der Waals surface area contributed by atoms with Gasteiger partial charge >= 0.3 is 0 Å². The van der Waals surface area contributed by atoms with E-state index in [4.69, 9.17) is 4.74 Å². The van der Waals surface area contributed by atoms with Crippen LogP contribution in [0.4, 0.5) is 0 Å². The summed E-state index contributed by atoms with van der Waals surface area (Å²) in [4.78, 5) is 0.